The number of esters is 1. The van der Waals surface area contributed by atoms with Crippen LogP contribution in [0.2, 0.25) is 0 Å². The predicted octanol–water partition coefficient (Wildman–Crippen LogP) is 2.87. The lowest BCUT2D eigenvalue weighted by atomic mass is 10.2. The molecule has 1 atom stereocenters. The van der Waals surface area contributed by atoms with Crippen LogP contribution in [-0.4, -0.2) is 35.5 Å². The van der Waals surface area contributed by atoms with Crippen molar-refractivity contribution in [2.45, 2.75) is 24.8 Å². The number of benzene rings is 2. The Morgan fingerprint density at radius 2 is 1.72 bits per heavy atom. The summed E-state index contributed by atoms with van der Waals surface area (Å²) in [5.74, 6) is -1.15. The molecule has 2 aromatic carbocycles. The van der Waals surface area contributed by atoms with E-state index in [0.29, 0.717) is 22.8 Å². The van der Waals surface area contributed by atoms with Crippen molar-refractivity contribution >= 4 is 52.5 Å². The molecule has 0 bridgehead atoms. The third-order valence-electron chi connectivity index (χ3n) is 3.97. The summed E-state index contributed by atoms with van der Waals surface area (Å²) in [5.41, 5.74) is 1.90. The van der Waals surface area contributed by atoms with Crippen LogP contribution in [-0.2, 0) is 19.1 Å². The van der Waals surface area contributed by atoms with Crippen LogP contribution in [0.3, 0.4) is 0 Å². The van der Waals surface area contributed by atoms with E-state index < -0.39 is 18.0 Å². The molecule has 150 valence electrons. The van der Waals surface area contributed by atoms with Gasteiger partial charge in [0.1, 0.15) is 0 Å². The molecule has 1 aliphatic heterocycles. The van der Waals surface area contributed by atoms with Gasteiger partial charge in [0.25, 0.3) is 5.91 Å². The molecule has 8 nitrogen and oxygen atoms in total. The summed E-state index contributed by atoms with van der Waals surface area (Å²) in [6.45, 7) is 2.87. The number of carbonyl (C=O) groups is 4. The molecule has 0 spiro atoms. The van der Waals surface area contributed by atoms with Crippen LogP contribution in [0.15, 0.2) is 47.4 Å². The molecule has 3 N–H and O–H groups in total. The summed E-state index contributed by atoms with van der Waals surface area (Å²) in [6, 6.07) is 11.4. The maximum absolute atomic E-state index is 12.4. The van der Waals surface area contributed by atoms with Crippen LogP contribution in [0.25, 0.3) is 0 Å². The Balaban J connectivity index is 1.59. The van der Waals surface area contributed by atoms with Crippen LogP contribution in [0, 0.1) is 0 Å². The van der Waals surface area contributed by atoms with E-state index in [2.05, 4.69) is 16.0 Å². The molecular weight excluding hydrogens is 394 g/mol. The molecule has 3 rings (SSSR count). The number of nitrogens with one attached hydrogen (secondary N) is 3. The maximum atomic E-state index is 12.4. The van der Waals surface area contributed by atoms with Gasteiger partial charge in [-0.15, -0.1) is 11.8 Å². The van der Waals surface area contributed by atoms with Crippen molar-refractivity contribution in [1.82, 2.24) is 0 Å². The first-order valence-corrected chi connectivity index (χ1v) is 9.76. The second kappa shape index (κ2) is 8.78. The molecule has 0 radical (unpaired) electrons. The van der Waals surface area contributed by atoms with Gasteiger partial charge in [0, 0.05) is 23.2 Å². The predicted molar refractivity (Wildman–Crippen MR) is 110 cm³/mol. The lowest BCUT2D eigenvalue weighted by molar-refractivity contribution is -0.123. The Labute approximate surface area is 171 Å². The van der Waals surface area contributed by atoms with Crippen molar-refractivity contribution in [1.29, 1.82) is 0 Å². The molecule has 0 fully saturated rings. The molecule has 9 heteroatoms. The summed E-state index contributed by atoms with van der Waals surface area (Å²) >= 11 is 1.39. The molecule has 0 unspecified atom stereocenters. The molecule has 0 saturated carbocycles. The Hall–Kier alpha value is -3.33. The average molecular weight is 413 g/mol. The third-order valence-corrected chi connectivity index (χ3v) is 5.05. The highest BCUT2D eigenvalue weighted by Crippen LogP contribution is 2.32. The van der Waals surface area contributed by atoms with Crippen LogP contribution in [0.4, 0.5) is 17.1 Å². The van der Waals surface area contributed by atoms with E-state index in [9.17, 15) is 19.2 Å². The first kappa shape index (κ1) is 20.4. The van der Waals surface area contributed by atoms with Gasteiger partial charge in [-0.05, 0) is 49.4 Å². The van der Waals surface area contributed by atoms with Crippen molar-refractivity contribution in [3.63, 3.8) is 0 Å². The Morgan fingerprint density at radius 1 is 1.07 bits per heavy atom. The van der Waals surface area contributed by atoms with Crippen molar-refractivity contribution in [2.24, 2.45) is 0 Å². The fraction of sp³-hybridized carbons (Fsp3) is 0.200. The smallest absolute Gasteiger partial charge is 0.338 e. The number of anilines is 3. The monoisotopic (exact) mass is 413 g/mol. The van der Waals surface area contributed by atoms with Crippen molar-refractivity contribution < 1.29 is 23.9 Å². The van der Waals surface area contributed by atoms with Gasteiger partial charge in [-0.3, -0.25) is 14.4 Å². The molecule has 0 saturated heterocycles. The molecule has 0 aromatic heterocycles. The Kier molecular flexibility index (Phi) is 6.18. The summed E-state index contributed by atoms with van der Waals surface area (Å²) in [4.78, 5) is 48.1. The molecule has 1 aliphatic rings. The van der Waals surface area contributed by atoms with Crippen LogP contribution < -0.4 is 16.0 Å². The fourth-order valence-electron chi connectivity index (χ4n) is 2.58. The SMILES string of the molecule is CC(=O)Nc1ccc(NC(=O)[C@@H](C)OC(=O)c2ccc3c(c2)NC(=O)CS3)cc1. The summed E-state index contributed by atoms with van der Waals surface area (Å²) in [6.07, 6.45) is -1.03. The number of rotatable bonds is 5. The van der Waals surface area contributed by atoms with E-state index in [1.54, 1.807) is 36.4 Å². The van der Waals surface area contributed by atoms with E-state index in [1.807, 2.05) is 0 Å². The van der Waals surface area contributed by atoms with Crippen LogP contribution >= 0.6 is 11.8 Å². The number of ether oxygens (including phenoxy) is 1. The minimum atomic E-state index is -1.03. The van der Waals surface area contributed by atoms with Gasteiger partial charge < -0.3 is 20.7 Å². The van der Waals surface area contributed by atoms with E-state index in [-0.39, 0.29) is 17.4 Å². The van der Waals surface area contributed by atoms with Crippen LogP contribution in [0.1, 0.15) is 24.2 Å². The quantitative estimate of drug-likeness (QED) is 0.650. The zero-order valence-electron chi connectivity index (χ0n) is 15.8. The second-order valence-electron chi connectivity index (χ2n) is 6.34. The van der Waals surface area contributed by atoms with Gasteiger partial charge in [-0.2, -0.15) is 0 Å². The van der Waals surface area contributed by atoms with Gasteiger partial charge in [-0.1, -0.05) is 0 Å². The highest BCUT2D eigenvalue weighted by molar-refractivity contribution is 8.00. The number of fused-ring (bicyclic) bond motifs is 1. The standard InChI is InChI=1S/C20H19N3O5S/c1-11(19(26)22-15-6-4-14(5-7-15)21-12(2)24)28-20(27)13-3-8-17-16(9-13)23-18(25)10-29-17/h3-9,11H,10H2,1-2H3,(H,21,24)(H,22,26)(H,23,25)/t11-/m1/s1. The van der Waals surface area contributed by atoms with E-state index in [1.165, 1.54) is 31.7 Å². The lowest BCUT2D eigenvalue weighted by Crippen LogP contribution is -2.30. The highest BCUT2D eigenvalue weighted by Gasteiger charge is 2.21. The Bertz CT molecular complexity index is 975. The van der Waals surface area contributed by atoms with Gasteiger partial charge in [0.2, 0.25) is 11.8 Å². The highest BCUT2D eigenvalue weighted by atomic mass is 32.2. The normalized spacial score (nSPS) is 13.5. The third kappa shape index (κ3) is 5.35. The number of thioether (sulfide) groups is 1. The fourth-order valence-corrected chi connectivity index (χ4v) is 3.36. The first-order valence-electron chi connectivity index (χ1n) is 8.78. The summed E-state index contributed by atoms with van der Waals surface area (Å²) in [7, 11) is 0. The summed E-state index contributed by atoms with van der Waals surface area (Å²) in [5, 5.41) is 7.98. The molecule has 3 amide bonds. The van der Waals surface area contributed by atoms with Gasteiger partial charge in [0.05, 0.1) is 17.0 Å². The van der Waals surface area contributed by atoms with E-state index in [4.69, 9.17) is 4.74 Å². The molecule has 0 aliphatic carbocycles. The number of carbonyl (C=O) groups excluding carboxylic acids is 4. The molecule has 1 heterocycles. The Morgan fingerprint density at radius 3 is 2.38 bits per heavy atom. The van der Waals surface area contributed by atoms with Gasteiger partial charge in [-0.25, -0.2) is 4.79 Å². The van der Waals surface area contributed by atoms with Crippen molar-refractivity contribution in [3.8, 4) is 0 Å². The number of hydrogen-bond donors (Lipinski definition) is 3. The van der Waals surface area contributed by atoms with E-state index >= 15 is 0 Å². The topological polar surface area (TPSA) is 114 Å². The van der Waals surface area contributed by atoms with Crippen molar-refractivity contribution in [2.75, 3.05) is 21.7 Å². The second-order valence-corrected chi connectivity index (χ2v) is 7.36. The minimum Gasteiger partial charge on any atom is -0.449 e. The van der Waals surface area contributed by atoms with E-state index in [0.717, 1.165) is 4.90 Å². The van der Waals surface area contributed by atoms with Gasteiger partial charge >= 0.3 is 5.97 Å². The molecular formula is C20H19N3O5S. The lowest BCUT2D eigenvalue weighted by Gasteiger charge is -2.18. The maximum Gasteiger partial charge on any atom is 0.338 e. The summed E-state index contributed by atoms with van der Waals surface area (Å²) < 4.78 is 5.24. The largest absolute Gasteiger partial charge is 0.449 e. The molecule has 29 heavy (non-hydrogen) atoms. The van der Waals surface area contributed by atoms with Crippen LogP contribution in [0.5, 0.6) is 0 Å². The average Bonchev–Trinajstić information content (AvgIpc) is 2.68. The zero-order valence-corrected chi connectivity index (χ0v) is 16.6. The first-order chi connectivity index (χ1) is 13.8. The minimum absolute atomic E-state index is 0.134. The van der Waals surface area contributed by atoms with Crippen molar-refractivity contribution in [3.05, 3.63) is 48.0 Å². The van der Waals surface area contributed by atoms with Gasteiger partial charge in [0.15, 0.2) is 6.10 Å². The number of amides is 3. The zero-order chi connectivity index (χ0) is 21.0. The molecule has 2 aromatic rings. The number of hydrogen-bond acceptors (Lipinski definition) is 6.